The van der Waals surface area contributed by atoms with E-state index in [0.29, 0.717) is 34.5 Å². The highest BCUT2D eigenvalue weighted by atomic mass is 35.5. The van der Waals surface area contributed by atoms with Crippen molar-refractivity contribution in [3.63, 3.8) is 0 Å². The largest absolute Gasteiger partial charge is 0.496 e. The van der Waals surface area contributed by atoms with Crippen molar-refractivity contribution in [2.24, 2.45) is 0 Å². The number of hydrogen-bond donors (Lipinski definition) is 1. The zero-order valence-electron chi connectivity index (χ0n) is 21.8. The standard InChI is InChI=1S/C30H29ClN4O3S/c1-3-17-32-25(36)18-34-26(37)19-39-29(21-13-7-10-16-24(21)38-2)27-28(20-11-5-4-6-12-20)33-35(30(27)34)23-15-9-8-14-22(23)31/h4-16,29H,3,17-19H2,1-2H3,(H,32,36)/t29-/m0/s1. The van der Waals surface area contributed by atoms with E-state index in [2.05, 4.69) is 5.32 Å². The molecule has 2 heterocycles. The lowest BCUT2D eigenvalue weighted by Crippen LogP contribution is -2.42. The van der Waals surface area contributed by atoms with E-state index >= 15 is 0 Å². The van der Waals surface area contributed by atoms with E-state index in [0.717, 1.165) is 23.1 Å². The highest BCUT2D eigenvalue weighted by molar-refractivity contribution is 8.00. The van der Waals surface area contributed by atoms with Crippen LogP contribution in [0.3, 0.4) is 0 Å². The predicted octanol–water partition coefficient (Wildman–Crippen LogP) is 5.90. The van der Waals surface area contributed by atoms with Gasteiger partial charge in [0.05, 0.1) is 34.5 Å². The van der Waals surface area contributed by atoms with Gasteiger partial charge in [0.25, 0.3) is 0 Å². The lowest BCUT2D eigenvalue weighted by atomic mass is 9.99. The number of carbonyl (C=O) groups is 2. The lowest BCUT2D eigenvalue weighted by Gasteiger charge is -2.23. The molecule has 4 aromatic rings. The molecule has 0 saturated heterocycles. The van der Waals surface area contributed by atoms with Crippen molar-refractivity contribution < 1.29 is 14.3 Å². The summed E-state index contributed by atoms with van der Waals surface area (Å²) in [6.07, 6.45) is 0.798. The van der Waals surface area contributed by atoms with Crippen molar-refractivity contribution in [3.05, 3.63) is 95.0 Å². The second-order valence-electron chi connectivity index (χ2n) is 9.08. The highest BCUT2D eigenvalue weighted by Crippen LogP contribution is 2.50. The first-order valence-corrected chi connectivity index (χ1v) is 14.2. The molecule has 5 rings (SSSR count). The number of benzene rings is 3. The maximum Gasteiger partial charge on any atom is 0.240 e. The van der Waals surface area contributed by atoms with E-state index in [4.69, 9.17) is 21.4 Å². The zero-order valence-corrected chi connectivity index (χ0v) is 23.3. The maximum absolute atomic E-state index is 13.8. The van der Waals surface area contributed by atoms with Crippen LogP contribution in [0.5, 0.6) is 5.75 Å². The van der Waals surface area contributed by atoms with Gasteiger partial charge in [-0.05, 0) is 24.6 Å². The van der Waals surface area contributed by atoms with Crippen LogP contribution < -0.4 is 15.0 Å². The molecule has 0 aliphatic carbocycles. The van der Waals surface area contributed by atoms with Crippen LogP contribution in [0.4, 0.5) is 5.82 Å². The van der Waals surface area contributed by atoms with Crippen LogP contribution in [0.25, 0.3) is 16.9 Å². The molecule has 0 unspecified atom stereocenters. The number of nitrogens with one attached hydrogen (secondary N) is 1. The summed E-state index contributed by atoms with van der Waals surface area (Å²) < 4.78 is 7.46. The molecule has 0 saturated carbocycles. The van der Waals surface area contributed by atoms with Crippen molar-refractivity contribution in [3.8, 4) is 22.7 Å². The van der Waals surface area contributed by atoms with Gasteiger partial charge >= 0.3 is 0 Å². The number of aromatic nitrogens is 2. The third-order valence-corrected chi connectivity index (χ3v) is 8.07. The van der Waals surface area contributed by atoms with Crippen molar-refractivity contribution >= 4 is 41.0 Å². The van der Waals surface area contributed by atoms with E-state index in [9.17, 15) is 9.59 Å². The van der Waals surface area contributed by atoms with E-state index < -0.39 is 0 Å². The minimum absolute atomic E-state index is 0.130. The summed E-state index contributed by atoms with van der Waals surface area (Å²) in [5.41, 5.74) is 3.97. The average Bonchev–Trinajstić information content (AvgIpc) is 3.29. The smallest absolute Gasteiger partial charge is 0.240 e. The molecular formula is C30H29ClN4O3S. The van der Waals surface area contributed by atoms with E-state index in [1.807, 2.05) is 79.7 Å². The van der Waals surface area contributed by atoms with Gasteiger partial charge < -0.3 is 10.1 Å². The Balaban J connectivity index is 1.82. The van der Waals surface area contributed by atoms with Crippen LogP contribution in [0.15, 0.2) is 78.9 Å². The van der Waals surface area contributed by atoms with Crippen molar-refractivity contribution in [2.75, 3.05) is 30.9 Å². The fourth-order valence-corrected chi connectivity index (χ4v) is 6.15. The van der Waals surface area contributed by atoms with Gasteiger partial charge in [0.1, 0.15) is 18.1 Å². The Bertz CT molecular complexity index is 1490. The van der Waals surface area contributed by atoms with Crippen molar-refractivity contribution in [2.45, 2.75) is 18.6 Å². The minimum Gasteiger partial charge on any atom is -0.496 e. The number of carbonyl (C=O) groups excluding carboxylic acids is 2. The normalized spacial score (nSPS) is 15.0. The molecule has 1 aromatic heterocycles. The molecule has 2 amide bonds. The van der Waals surface area contributed by atoms with Gasteiger partial charge in [-0.1, -0.05) is 79.2 Å². The molecule has 39 heavy (non-hydrogen) atoms. The highest BCUT2D eigenvalue weighted by Gasteiger charge is 2.38. The number of amides is 2. The summed E-state index contributed by atoms with van der Waals surface area (Å²) in [5, 5.41) is 8.17. The number of para-hydroxylation sites is 2. The SMILES string of the molecule is CCCNC(=O)CN1C(=O)CS[C@@H](c2ccccc2OC)c2c(-c3ccccc3)nn(-c3ccccc3Cl)c21. The molecule has 1 N–H and O–H groups in total. The van der Waals surface area contributed by atoms with E-state index in [1.165, 1.54) is 11.8 Å². The number of ether oxygens (including phenoxy) is 1. The Morgan fingerprint density at radius 2 is 1.79 bits per heavy atom. The number of thioether (sulfide) groups is 1. The second-order valence-corrected chi connectivity index (χ2v) is 10.6. The van der Waals surface area contributed by atoms with Gasteiger partial charge in [0, 0.05) is 23.2 Å². The molecule has 0 radical (unpaired) electrons. The number of hydrogen-bond acceptors (Lipinski definition) is 5. The first-order valence-electron chi connectivity index (χ1n) is 12.8. The van der Waals surface area contributed by atoms with E-state index in [-0.39, 0.29) is 29.4 Å². The molecule has 7 nitrogen and oxygen atoms in total. The number of rotatable bonds is 8. The average molecular weight is 561 g/mol. The first kappa shape index (κ1) is 26.8. The monoisotopic (exact) mass is 560 g/mol. The topological polar surface area (TPSA) is 76.5 Å². The number of anilines is 1. The van der Waals surface area contributed by atoms with Crippen LogP contribution >= 0.6 is 23.4 Å². The Labute approximate surface area is 237 Å². The van der Waals surface area contributed by atoms with Crippen LogP contribution in [0, 0.1) is 0 Å². The summed E-state index contributed by atoms with van der Waals surface area (Å²) in [6, 6.07) is 25.0. The predicted molar refractivity (Wildman–Crippen MR) is 157 cm³/mol. The molecule has 0 fully saturated rings. The fraction of sp³-hybridized carbons (Fsp3) is 0.233. The molecular weight excluding hydrogens is 532 g/mol. The Kier molecular flexibility index (Phi) is 8.24. The van der Waals surface area contributed by atoms with Crippen LogP contribution in [-0.4, -0.2) is 47.5 Å². The van der Waals surface area contributed by atoms with Gasteiger partial charge in [0.2, 0.25) is 11.8 Å². The quantitative estimate of drug-likeness (QED) is 0.290. The van der Waals surface area contributed by atoms with Crippen LogP contribution in [0.2, 0.25) is 5.02 Å². The molecule has 3 aromatic carbocycles. The Morgan fingerprint density at radius 1 is 1.08 bits per heavy atom. The van der Waals surface area contributed by atoms with Gasteiger partial charge in [-0.3, -0.25) is 14.5 Å². The molecule has 9 heteroatoms. The first-order chi connectivity index (χ1) is 19.0. The summed E-state index contributed by atoms with van der Waals surface area (Å²) in [4.78, 5) is 28.3. The number of halogens is 1. The Morgan fingerprint density at radius 3 is 2.54 bits per heavy atom. The molecule has 0 bridgehead atoms. The molecule has 200 valence electrons. The summed E-state index contributed by atoms with van der Waals surface area (Å²) in [6.45, 7) is 2.39. The van der Waals surface area contributed by atoms with E-state index in [1.54, 1.807) is 22.8 Å². The van der Waals surface area contributed by atoms with Crippen LogP contribution in [-0.2, 0) is 9.59 Å². The number of fused-ring (bicyclic) bond motifs is 1. The van der Waals surface area contributed by atoms with Gasteiger partial charge in [-0.2, -0.15) is 5.10 Å². The van der Waals surface area contributed by atoms with Gasteiger partial charge in [-0.15, -0.1) is 11.8 Å². The van der Waals surface area contributed by atoms with Gasteiger partial charge in [-0.25, -0.2) is 4.68 Å². The molecule has 1 atom stereocenters. The fourth-order valence-electron chi connectivity index (χ4n) is 4.71. The molecule has 1 aliphatic rings. The summed E-state index contributed by atoms with van der Waals surface area (Å²) in [7, 11) is 1.64. The Hall–Kier alpha value is -3.75. The van der Waals surface area contributed by atoms with Gasteiger partial charge in [0.15, 0.2) is 0 Å². The number of nitrogens with zero attached hydrogens (tertiary/aromatic N) is 3. The minimum atomic E-state index is -0.296. The zero-order chi connectivity index (χ0) is 27.4. The molecule has 0 spiro atoms. The number of methoxy groups -OCH3 is 1. The second kappa shape index (κ2) is 12.0. The third-order valence-electron chi connectivity index (χ3n) is 6.51. The third kappa shape index (κ3) is 5.40. The molecule has 1 aliphatic heterocycles. The van der Waals surface area contributed by atoms with Crippen molar-refractivity contribution in [1.29, 1.82) is 0 Å². The summed E-state index contributed by atoms with van der Waals surface area (Å²) in [5.74, 6) is 1.00. The maximum atomic E-state index is 13.8. The lowest BCUT2D eigenvalue weighted by molar-refractivity contribution is -0.122. The summed E-state index contributed by atoms with van der Waals surface area (Å²) >= 11 is 8.19. The van der Waals surface area contributed by atoms with Crippen molar-refractivity contribution in [1.82, 2.24) is 15.1 Å². The van der Waals surface area contributed by atoms with Crippen LogP contribution in [0.1, 0.15) is 29.7 Å².